The average molecular weight is 319 g/mol. The van der Waals surface area contributed by atoms with Crippen molar-refractivity contribution in [2.24, 2.45) is 5.92 Å². The summed E-state index contributed by atoms with van der Waals surface area (Å²) in [5.74, 6) is 0.508. The van der Waals surface area contributed by atoms with Gasteiger partial charge < -0.3 is 15.5 Å². The molecule has 0 fully saturated rings. The van der Waals surface area contributed by atoms with Crippen LogP contribution in [0.15, 0.2) is 24.3 Å². The molecule has 0 aliphatic heterocycles. The number of nitrogens with zero attached hydrogens (tertiary/aromatic N) is 1. The Labute approximate surface area is 139 Å². The molecule has 0 aliphatic carbocycles. The Bertz CT molecular complexity index is 499. The van der Waals surface area contributed by atoms with E-state index in [-0.39, 0.29) is 11.9 Å². The maximum Gasteiger partial charge on any atom is 0.319 e. The van der Waals surface area contributed by atoms with E-state index in [1.807, 2.05) is 12.1 Å². The van der Waals surface area contributed by atoms with Gasteiger partial charge in [0.2, 0.25) is 5.91 Å². The predicted octanol–water partition coefficient (Wildman–Crippen LogP) is 4.01. The number of carbonyl (C=O) groups excluding carboxylic acids is 2. The maximum absolute atomic E-state index is 11.9. The van der Waals surface area contributed by atoms with Crippen molar-refractivity contribution >= 4 is 23.3 Å². The lowest BCUT2D eigenvalue weighted by molar-refractivity contribution is -0.116. The van der Waals surface area contributed by atoms with Crippen molar-refractivity contribution in [1.29, 1.82) is 0 Å². The van der Waals surface area contributed by atoms with Crippen molar-refractivity contribution in [2.75, 3.05) is 23.8 Å². The molecule has 5 heteroatoms. The fourth-order valence-corrected chi connectivity index (χ4v) is 2.31. The molecule has 0 heterocycles. The first-order valence-corrected chi connectivity index (χ1v) is 8.37. The second-order valence-corrected chi connectivity index (χ2v) is 5.88. The molecule has 0 spiro atoms. The Hall–Kier alpha value is -2.04. The monoisotopic (exact) mass is 319 g/mol. The van der Waals surface area contributed by atoms with Gasteiger partial charge in [0.15, 0.2) is 0 Å². The Morgan fingerprint density at radius 3 is 2.35 bits per heavy atom. The van der Waals surface area contributed by atoms with Crippen LogP contribution < -0.4 is 15.5 Å². The molecule has 1 atom stereocenters. The molecule has 23 heavy (non-hydrogen) atoms. The minimum atomic E-state index is -0.187. The van der Waals surface area contributed by atoms with Crippen LogP contribution in [-0.4, -0.2) is 25.5 Å². The quantitative estimate of drug-likeness (QED) is 0.760. The van der Waals surface area contributed by atoms with Gasteiger partial charge in [-0.3, -0.25) is 4.79 Å². The van der Waals surface area contributed by atoms with Crippen molar-refractivity contribution in [2.45, 2.75) is 46.5 Å². The second kappa shape index (κ2) is 9.87. The van der Waals surface area contributed by atoms with Gasteiger partial charge in [-0.2, -0.15) is 0 Å². The lowest BCUT2D eigenvalue weighted by Gasteiger charge is -2.17. The van der Waals surface area contributed by atoms with Crippen LogP contribution in [0.1, 0.15) is 46.5 Å². The normalized spacial score (nSPS) is 11.7. The van der Waals surface area contributed by atoms with Gasteiger partial charge in [0.25, 0.3) is 0 Å². The Balaban J connectivity index is 2.46. The summed E-state index contributed by atoms with van der Waals surface area (Å²) in [5, 5.41) is 5.75. The van der Waals surface area contributed by atoms with Gasteiger partial charge in [0.1, 0.15) is 0 Å². The number of hydrogen-bond donors (Lipinski definition) is 2. The molecule has 1 aromatic rings. The molecule has 0 aromatic heterocycles. The molecular weight excluding hydrogens is 290 g/mol. The van der Waals surface area contributed by atoms with E-state index >= 15 is 0 Å². The van der Waals surface area contributed by atoms with Crippen LogP contribution in [0.3, 0.4) is 0 Å². The molecule has 128 valence electrons. The summed E-state index contributed by atoms with van der Waals surface area (Å²) >= 11 is 0. The van der Waals surface area contributed by atoms with Crippen molar-refractivity contribution in [3.05, 3.63) is 24.3 Å². The van der Waals surface area contributed by atoms with Gasteiger partial charge in [0.05, 0.1) is 0 Å². The minimum Gasteiger partial charge on any atom is -0.338 e. The third kappa shape index (κ3) is 6.72. The second-order valence-electron chi connectivity index (χ2n) is 5.88. The van der Waals surface area contributed by atoms with E-state index < -0.39 is 0 Å². The number of urea groups is 1. The van der Waals surface area contributed by atoms with E-state index in [0.717, 1.165) is 18.5 Å². The molecule has 1 unspecified atom stereocenters. The highest BCUT2D eigenvalue weighted by Crippen LogP contribution is 2.17. The van der Waals surface area contributed by atoms with Crippen LogP contribution in [0.2, 0.25) is 0 Å². The summed E-state index contributed by atoms with van der Waals surface area (Å²) in [6, 6.07) is 7.03. The molecule has 3 amide bonds. The molecule has 2 N–H and O–H groups in total. The SMILES string of the molecule is CCCCC(CC)CNC(=O)Nc1ccc(N(C)C(C)=O)cc1. The zero-order chi connectivity index (χ0) is 17.2. The molecule has 0 saturated carbocycles. The fraction of sp³-hybridized carbons (Fsp3) is 0.556. The average Bonchev–Trinajstić information content (AvgIpc) is 2.55. The van der Waals surface area contributed by atoms with Crippen LogP contribution in [-0.2, 0) is 4.79 Å². The van der Waals surface area contributed by atoms with Crippen molar-refractivity contribution < 1.29 is 9.59 Å². The number of carbonyl (C=O) groups is 2. The number of nitrogens with one attached hydrogen (secondary N) is 2. The number of amides is 3. The van der Waals surface area contributed by atoms with Gasteiger partial charge in [-0.05, 0) is 36.6 Å². The number of hydrogen-bond acceptors (Lipinski definition) is 2. The molecule has 0 aliphatic rings. The highest BCUT2D eigenvalue weighted by atomic mass is 16.2. The first-order chi connectivity index (χ1) is 11.0. The van der Waals surface area contributed by atoms with Gasteiger partial charge in [-0.1, -0.05) is 33.1 Å². The molecular formula is C18H29N3O2. The summed E-state index contributed by atoms with van der Waals surface area (Å²) in [6.45, 7) is 6.56. The van der Waals surface area contributed by atoms with Gasteiger partial charge in [-0.15, -0.1) is 0 Å². The standard InChI is InChI=1S/C18H29N3O2/c1-5-7-8-15(6-2)13-19-18(23)20-16-9-11-17(12-10-16)21(4)14(3)22/h9-12,15H,5-8,13H2,1-4H3,(H2,19,20,23). The molecule has 5 nitrogen and oxygen atoms in total. The minimum absolute atomic E-state index is 0.0267. The number of unbranched alkanes of at least 4 members (excludes halogenated alkanes) is 1. The van der Waals surface area contributed by atoms with E-state index in [0.29, 0.717) is 18.2 Å². The first-order valence-electron chi connectivity index (χ1n) is 8.37. The van der Waals surface area contributed by atoms with Crippen LogP contribution >= 0.6 is 0 Å². The zero-order valence-corrected chi connectivity index (χ0v) is 14.7. The van der Waals surface area contributed by atoms with E-state index in [2.05, 4.69) is 24.5 Å². The Morgan fingerprint density at radius 2 is 1.83 bits per heavy atom. The maximum atomic E-state index is 11.9. The van der Waals surface area contributed by atoms with E-state index in [1.54, 1.807) is 24.1 Å². The Kier molecular flexibility index (Phi) is 8.16. The largest absolute Gasteiger partial charge is 0.338 e. The molecule has 0 bridgehead atoms. The third-order valence-electron chi connectivity index (χ3n) is 4.08. The summed E-state index contributed by atoms with van der Waals surface area (Å²) in [6.07, 6.45) is 4.61. The number of benzene rings is 1. The van der Waals surface area contributed by atoms with Crippen LogP contribution in [0, 0.1) is 5.92 Å². The van der Waals surface area contributed by atoms with Crippen molar-refractivity contribution in [3.63, 3.8) is 0 Å². The zero-order valence-electron chi connectivity index (χ0n) is 14.7. The number of anilines is 2. The van der Waals surface area contributed by atoms with Crippen LogP contribution in [0.5, 0.6) is 0 Å². The van der Waals surface area contributed by atoms with Crippen molar-refractivity contribution in [3.8, 4) is 0 Å². The predicted molar refractivity (Wildman–Crippen MR) is 95.9 cm³/mol. The number of rotatable bonds is 8. The lowest BCUT2D eigenvalue weighted by Crippen LogP contribution is -2.33. The highest BCUT2D eigenvalue weighted by molar-refractivity contribution is 5.92. The van der Waals surface area contributed by atoms with Gasteiger partial charge in [-0.25, -0.2) is 4.79 Å². The topological polar surface area (TPSA) is 61.4 Å². The lowest BCUT2D eigenvalue weighted by atomic mass is 9.99. The third-order valence-corrected chi connectivity index (χ3v) is 4.08. The summed E-state index contributed by atoms with van der Waals surface area (Å²) in [4.78, 5) is 24.8. The van der Waals surface area contributed by atoms with Crippen molar-refractivity contribution in [1.82, 2.24) is 5.32 Å². The molecule has 1 aromatic carbocycles. The summed E-state index contributed by atoms with van der Waals surface area (Å²) in [5.41, 5.74) is 1.51. The molecule has 0 radical (unpaired) electrons. The van der Waals surface area contributed by atoms with E-state index in [1.165, 1.54) is 19.8 Å². The molecule has 1 rings (SSSR count). The highest BCUT2D eigenvalue weighted by Gasteiger charge is 2.09. The van der Waals surface area contributed by atoms with Gasteiger partial charge in [0, 0.05) is 31.9 Å². The first kappa shape index (κ1) is 19.0. The fourth-order valence-electron chi connectivity index (χ4n) is 2.31. The molecule has 0 saturated heterocycles. The Morgan fingerprint density at radius 1 is 1.17 bits per heavy atom. The summed E-state index contributed by atoms with van der Waals surface area (Å²) < 4.78 is 0. The van der Waals surface area contributed by atoms with E-state index in [9.17, 15) is 9.59 Å². The smallest absolute Gasteiger partial charge is 0.319 e. The van der Waals surface area contributed by atoms with E-state index in [4.69, 9.17) is 0 Å². The van der Waals surface area contributed by atoms with Crippen LogP contribution in [0.25, 0.3) is 0 Å². The summed E-state index contributed by atoms with van der Waals surface area (Å²) in [7, 11) is 1.72. The van der Waals surface area contributed by atoms with Gasteiger partial charge >= 0.3 is 6.03 Å². The van der Waals surface area contributed by atoms with Crippen LogP contribution in [0.4, 0.5) is 16.2 Å².